The van der Waals surface area contributed by atoms with Crippen molar-refractivity contribution in [2.24, 2.45) is 0 Å². The molecule has 0 amide bonds. The average molecular weight is 252 g/mol. The van der Waals surface area contributed by atoms with Gasteiger partial charge in [-0.25, -0.2) is 0 Å². The fraction of sp³-hybridized carbons (Fsp3) is 0.462. The van der Waals surface area contributed by atoms with E-state index in [1.165, 1.54) is 0 Å². The van der Waals surface area contributed by atoms with Crippen molar-refractivity contribution < 1.29 is 9.47 Å². The Morgan fingerprint density at radius 2 is 2.12 bits per heavy atom. The molecule has 1 aromatic carbocycles. The molecule has 0 N–H and O–H groups in total. The van der Waals surface area contributed by atoms with Crippen molar-refractivity contribution in [1.29, 1.82) is 5.26 Å². The van der Waals surface area contributed by atoms with Gasteiger partial charge in [-0.1, -0.05) is 30.7 Å². The molecule has 0 aromatic heterocycles. The molecule has 0 radical (unpaired) electrons. The Morgan fingerprint density at radius 3 is 2.71 bits per heavy atom. The van der Waals surface area contributed by atoms with Crippen LogP contribution in [0.1, 0.15) is 18.9 Å². The summed E-state index contributed by atoms with van der Waals surface area (Å²) in [5.41, 5.74) is -0.201. The van der Waals surface area contributed by atoms with Crippen molar-refractivity contribution in [2.45, 2.75) is 25.0 Å². The van der Waals surface area contributed by atoms with E-state index in [1.54, 1.807) is 12.1 Å². The molecular formula is C13H14ClNO2. The van der Waals surface area contributed by atoms with Crippen molar-refractivity contribution in [3.8, 4) is 6.07 Å². The molecule has 4 heteroatoms. The summed E-state index contributed by atoms with van der Waals surface area (Å²) < 4.78 is 11.4. The number of benzene rings is 1. The molecule has 2 unspecified atom stereocenters. The standard InChI is InChI=1S/C13H14ClNO2/c1-2-12-13(9-15,17-8-7-16-12)10-3-5-11(14)6-4-10/h3-6,12H,2,7-8H2,1H3. The van der Waals surface area contributed by atoms with Gasteiger partial charge in [-0.2, -0.15) is 5.26 Å². The van der Waals surface area contributed by atoms with E-state index in [1.807, 2.05) is 19.1 Å². The van der Waals surface area contributed by atoms with Gasteiger partial charge in [0.05, 0.1) is 13.2 Å². The highest BCUT2D eigenvalue weighted by atomic mass is 35.5. The van der Waals surface area contributed by atoms with Crippen LogP contribution in [0, 0.1) is 11.3 Å². The van der Waals surface area contributed by atoms with E-state index in [2.05, 4.69) is 6.07 Å². The molecule has 1 aromatic rings. The Hall–Kier alpha value is -1.08. The second-order valence-corrected chi connectivity index (χ2v) is 4.41. The van der Waals surface area contributed by atoms with E-state index >= 15 is 0 Å². The van der Waals surface area contributed by atoms with Crippen LogP contribution in [0.25, 0.3) is 0 Å². The van der Waals surface area contributed by atoms with Gasteiger partial charge in [-0.3, -0.25) is 0 Å². The van der Waals surface area contributed by atoms with Crippen LogP contribution in [-0.4, -0.2) is 19.3 Å². The summed E-state index contributed by atoms with van der Waals surface area (Å²) in [4.78, 5) is 0. The Morgan fingerprint density at radius 1 is 1.41 bits per heavy atom. The molecule has 2 atom stereocenters. The second kappa shape index (κ2) is 5.05. The number of nitriles is 1. The first-order chi connectivity index (χ1) is 8.23. The summed E-state index contributed by atoms with van der Waals surface area (Å²) in [6, 6.07) is 9.44. The number of hydrogen-bond acceptors (Lipinski definition) is 3. The molecule has 90 valence electrons. The first-order valence-electron chi connectivity index (χ1n) is 5.66. The molecule has 1 saturated heterocycles. The maximum absolute atomic E-state index is 9.48. The molecule has 0 aliphatic carbocycles. The van der Waals surface area contributed by atoms with Gasteiger partial charge in [0.15, 0.2) is 0 Å². The van der Waals surface area contributed by atoms with Crippen LogP contribution in [0.2, 0.25) is 5.02 Å². The molecule has 1 aliphatic heterocycles. The summed E-state index contributed by atoms with van der Waals surface area (Å²) in [7, 11) is 0. The number of halogens is 1. The number of nitrogens with zero attached hydrogens (tertiary/aromatic N) is 1. The molecule has 1 aliphatic rings. The SMILES string of the molecule is CCC1OCCOC1(C#N)c1ccc(Cl)cc1. The maximum atomic E-state index is 9.48. The van der Waals surface area contributed by atoms with Gasteiger partial charge in [-0.05, 0) is 18.6 Å². The molecule has 1 fully saturated rings. The van der Waals surface area contributed by atoms with Crippen LogP contribution in [-0.2, 0) is 15.1 Å². The van der Waals surface area contributed by atoms with Crippen LogP contribution in [0.3, 0.4) is 0 Å². The molecule has 0 bridgehead atoms. The first-order valence-corrected chi connectivity index (χ1v) is 6.03. The van der Waals surface area contributed by atoms with Gasteiger partial charge in [0.2, 0.25) is 5.60 Å². The van der Waals surface area contributed by atoms with Crippen molar-refractivity contribution in [3.05, 3.63) is 34.9 Å². The van der Waals surface area contributed by atoms with Crippen molar-refractivity contribution in [1.82, 2.24) is 0 Å². The predicted octanol–water partition coefficient (Wildman–Crippen LogP) is 2.88. The molecule has 3 nitrogen and oxygen atoms in total. The minimum Gasteiger partial charge on any atom is -0.371 e. The van der Waals surface area contributed by atoms with E-state index in [-0.39, 0.29) is 6.10 Å². The summed E-state index contributed by atoms with van der Waals surface area (Å²) in [5, 5.41) is 10.1. The summed E-state index contributed by atoms with van der Waals surface area (Å²) in [6.07, 6.45) is 0.498. The Bertz CT molecular complexity index is 426. The van der Waals surface area contributed by atoms with E-state index in [0.717, 1.165) is 12.0 Å². The van der Waals surface area contributed by atoms with E-state index < -0.39 is 5.60 Å². The third kappa shape index (κ3) is 2.16. The highest BCUT2D eigenvalue weighted by molar-refractivity contribution is 6.30. The minimum atomic E-state index is -1.00. The zero-order valence-corrected chi connectivity index (χ0v) is 10.4. The van der Waals surface area contributed by atoms with Crippen LogP contribution < -0.4 is 0 Å². The highest BCUT2D eigenvalue weighted by Crippen LogP contribution is 2.35. The molecule has 1 heterocycles. The highest BCUT2D eigenvalue weighted by Gasteiger charge is 2.44. The summed E-state index contributed by atoms with van der Waals surface area (Å²) >= 11 is 5.85. The van der Waals surface area contributed by atoms with Gasteiger partial charge >= 0.3 is 0 Å². The third-order valence-electron chi connectivity index (χ3n) is 3.00. The lowest BCUT2D eigenvalue weighted by Gasteiger charge is -2.38. The maximum Gasteiger partial charge on any atom is 0.205 e. The average Bonchev–Trinajstić information content (AvgIpc) is 2.39. The van der Waals surface area contributed by atoms with Crippen molar-refractivity contribution in [3.63, 3.8) is 0 Å². The van der Waals surface area contributed by atoms with Gasteiger partial charge in [0, 0.05) is 10.6 Å². The van der Waals surface area contributed by atoms with Crippen LogP contribution >= 0.6 is 11.6 Å². The van der Waals surface area contributed by atoms with E-state index in [9.17, 15) is 5.26 Å². The summed E-state index contributed by atoms with van der Waals surface area (Å²) in [5.74, 6) is 0. The van der Waals surface area contributed by atoms with Crippen LogP contribution in [0.15, 0.2) is 24.3 Å². The van der Waals surface area contributed by atoms with Gasteiger partial charge in [-0.15, -0.1) is 0 Å². The van der Waals surface area contributed by atoms with Gasteiger partial charge in [0.1, 0.15) is 12.2 Å². The molecule has 2 rings (SSSR count). The molecular weight excluding hydrogens is 238 g/mol. The van der Waals surface area contributed by atoms with E-state index in [4.69, 9.17) is 21.1 Å². The number of ether oxygens (including phenoxy) is 2. The lowest BCUT2D eigenvalue weighted by Crippen LogP contribution is -2.47. The van der Waals surface area contributed by atoms with E-state index in [0.29, 0.717) is 18.2 Å². The zero-order chi connectivity index (χ0) is 12.3. The Kier molecular flexibility index (Phi) is 3.68. The molecule has 0 saturated carbocycles. The lowest BCUT2D eigenvalue weighted by atomic mass is 9.87. The Labute approximate surface area is 106 Å². The lowest BCUT2D eigenvalue weighted by molar-refractivity contribution is -0.182. The third-order valence-corrected chi connectivity index (χ3v) is 3.25. The second-order valence-electron chi connectivity index (χ2n) is 3.97. The zero-order valence-electron chi connectivity index (χ0n) is 9.65. The quantitative estimate of drug-likeness (QED) is 0.812. The van der Waals surface area contributed by atoms with Crippen molar-refractivity contribution in [2.75, 3.05) is 13.2 Å². The topological polar surface area (TPSA) is 42.2 Å². The molecule has 17 heavy (non-hydrogen) atoms. The van der Waals surface area contributed by atoms with Crippen LogP contribution in [0.4, 0.5) is 0 Å². The normalized spacial score (nSPS) is 28.6. The minimum absolute atomic E-state index is 0.234. The fourth-order valence-corrected chi connectivity index (χ4v) is 2.27. The fourth-order valence-electron chi connectivity index (χ4n) is 2.14. The predicted molar refractivity (Wildman–Crippen MR) is 64.7 cm³/mol. The number of rotatable bonds is 2. The Balaban J connectivity index is 2.42. The number of hydrogen-bond donors (Lipinski definition) is 0. The van der Waals surface area contributed by atoms with Crippen molar-refractivity contribution >= 4 is 11.6 Å². The monoisotopic (exact) mass is 251 g/mol. The van der Waals surface area contributed by atoms with Gasteiger partial charge < -0.3 is 9.47 Å². The van der Waals surface area contributed by atoms with Crippen LogP contribution in [0.5, 0.6) is 0 Å². The van der Waals surface area contributed by atoms with Gasteiger partial charge in [0.25, 0.3) is 0 Å². The smallest absolute Gasteiger partial charge is 0.205 e. The summed E-state index contributed by atoms with van der Waals surface area (Å²) in [6.45, 7) is 2.96. The largest absolute Gasteiger partial charge is 0.371 e. The molecule has 0 spiro atoms. The first kappa shape index (κ1) is 12.4.